The molecule has 2 aromatic rings. The molecule has 0 spiro atoms. The largest absolute Gasteiger partial charge is 0.489 e. The molecule has 1 saturated heterocycles. The number of ether oxygens (including phenoxy) is 1. The van der Waals surface area contributed by atoms with Crippen molar-refractivity contribution in [1.29, 1.82) is 0 Å². The highest BCUT2D eigenvalue weighted by Gasteiger charge is 2.25. The lowest BCUT2D eigenvalue weighted by Crippen LogP contribution is -2.42. The standard InChI is InChI=1S/C24H34N6O2.HI/c1-17-7-4-5-9-21(17)32-18(2)15-28-24(26-3)29-16-20-8-6-12-27-23(20)30-13-10-19(11-14-30)22(25)31;/h4-9,12,18-19H,10-11,13-16H2,1-3H3,(H2,25,31)(H2,26,28,29);1H. The summed E-state index contributed by atoms with van der Waals surface area (Å²) >= 11 is 0. The van der Waals surface area contributed by atoms with Gasteiger partial charge in [-0.2, -0.15) is 0 Å². The Balaban J connectivity index is 0.00000385. The smallest absolute Gasteiger partial charge is 0.220 e. The van der Waals surface area contributed by atoms with E-state index in [2.05, 4.69) is 31.6 Å². The van der Waals surface area contributed by atoms with Crippen LogP contribution in [0.2, 0.25) is 0 Å². The fourth-order valence-corrected chi connectivity index (χ4v) is 3.82. The van der Waals surface area contributed by atoms with Crippen LogP contribution >= 0.6 is 24.0 Å². The second-order valence-electron chi connectivity index (χ2n) is 8.15. The van der Waals surface area contributed by atoms with Crippen LogP contribution in [-0.4, -0.2) is 49.6 Å². The van der Waals surface area contributed by atoms with Crippen molar-refractivity contribution in [2.24, 2.45) is 16.6 Å². The molecule has 8 nitrogen and oxygen atoms in total. The number of amides is 1. The van der Waals surface area contributed by atoms with Crippen LogP contribution in [0.5, 0.6) is 5.75 Å². The summed E-state index contributed by atoms with van der Waals surface area (Å²) in [4.78, 5) is 22.6. The number of anilines is 1. The van der Waals surface area contributed by atoms with Crippen LogP contribution in [-0.2, 0) is 11.3 Å². The fourth-order valence-electron chi connectivity index (χ4n) is 3.82. The Morgan fingerprint density at radius 1 is 1.24 bits per heavy atom. The molecule has 0 saturated carbocycles. The Morgan fingerprint density at radius 3 is 2.64 bits per heavy atom. The molecule has 0 radical (unpaired) electrons. The first-order valence-corrected chi connectivity index (χ1v) is 11.1. The summed E-state index contributed by atoms with van der Waals surface area (Å²) in [5.41, 5.74) is 7.66. The molecular formula is C24H35IN6O2. The minimum absolute atomic E-state index is 0. The number of carbonyl (C=O) groups is 1. The molecule has 1 fully saturated rings. The quantitative estimate of drug-likeness (QED) is 0.258. The highest BCUT2D eigenvalue weighted by Crippen LogP contribution is 2.24. The van der Waals surface area contributed by atoms with E-state index >= 15 is 0 Å². The molecule has 1 unspecified atom stereocenters. The second kappa shape index (κ2) is 13.2. The van der Waals surface area contributed by atoms with Crippen LogP contribution in [0.3, 0.4) is 0 Å². The summed E-state index contributed by atoms with van der Waals surface area (Å²) < 4.78 is 6.03. The minimum Gasteiger partial charge on any atom is -0.489 e. The average molecular weight is 566 g/mol. The Bertz CT molecular complexity index is 931. The van der Waals surface area contributed by atoms with E-state index in [-0.39, 0.29) is 41.9 Å². The number of aryl methyl sites for hydroxylation is 1. The number of nitrogens with two attached hydrogens (primary N) is 1. The SMILES string of the molecule is CN=C(NCc1cccnc1N1CCC(C(N)=O)CC1)NCC(C)Oc1ccccc1C.I. The molecule has 1 aromatic carbocycles. The Kier molecular flexibility index (Phi) is 10.7. The molecule has 0 bridgehead atoms. The lowest BCUT2D eigenvalue weighted by atomic mass is 9.96. The van der Waals surface area contributed by atoms with Crippen molar-refractivity contribution in [2.75, 3.05) is 31.6 Å². The molecular weight excluding hydrogens is 531 g/mol. The maximum atomic E-state index is 11.5. The number of primary amides is 1. The second-order valence-corrected chi connectivity index (χ2v) is 8.15. The molecule has 1 atom stereocenters. The molecule has 9 heteroatoms. The van der Waals surface area contributed by atoms with Crippen LogP contribution < -0.4 is 26.0 Å². The fraction of sp³-hybridized carbons (Fsp3) is 0.458. The number of aliphatic imine (C=N–C) groups is 1. The van der Waals surface area contributed by atoms with Crippen LogP contribution in [0, 0.1) is 12.8 Å². The number of guanidine groups is 1. The molecule has 4 N–H and O–H groups in total. The maximum Gasteiger partial charge on any atom is 0.220 e. The van der Waals surface area contributed by atoms with Gasteiger partial charge in [-0.05, 0) is 44.4 Å². The number of benzene rings is 1. The van der Waals surface area contributed by atoms with E-state index in [4.69, 9.17) is 10.5 Å². The number of hydrogen-bond donors (Lipinski definition) is 3. The lowest BCUT2D eigenvalue weighted by molar-refractivity contribution is -0.122. The summed E-state index contributed by atoms with van der Waals surface area (Å²) in [7, 11) is 1.75. The summed E-state index contributed by atoms with van der Waals surface area (Å²) in [6.07, 6.45) is 3.31. The first kappa shape index (κ1) is 26.7. The molecule has 3 rings (SSSR count). The first-order chi connectivity index (χ1) is 15.5. The number of carbonyl (C=O) groups excluding carboxylic acids is 1. The summed E-state index contributed by atoms with van der Waals surface area (Å²) in [5.74, 6) is 2.29. The van der Waals surface area contributed by atoms with Gasteiger partial charge in [0.25, 0.3) is 0 Å². The van der Waals surface area contributed by atoms with Crippen LogP contribution in [0.1, 0.15) is 30.9 Å². The van der Waals surface area contributed by atoms with E-state index in [1.807, 2.05) is 44.2 Å². The third kappa shape index (κ3) is 7.76. The van der Waals surface area contributed by atoms with Gasteiger partial charge in [0.2, 0.25) is 5.91 Å². The first-order valence-electron chi connectivity index (χ1n) is 11.1. The molecule has 1 aliphatic rings. The highest BCUT2D eigenvalue weighted by molar-refractivity contribution is 14.0. The molecule has 1 aromatic heterocycles. The van der Waals surface area contributed by atoms with Gasteiger partial charge < -0.3 is 26.0 Å². The van der Waals surface area contributed by atoms with Gasteiger partial charge in [0.15, 0.2) is 5.96 Å². The zero-order valence-electron chi connectivity index (χ0n) is 19.6. The number of nitrogens with zero attached hydrogens (tertiary/aromatic N) is 3. The molecule has 33 heavy (non-hydrogen) atoms. The number of piperidine rings is 1. The number of para-hydroxylation sites is 1. The number of hydrogen-bond acceptors (Lipinski definition) is 5. The van der Waals surface area contributed by atoms with Crippen molar-refractivity contribution in [3.8, 4) is 5.75 Å². The number of pyridine rings is 1. The Labute approximate surface area is 213 Å². The van der Waals surface area contributed by atoms with Crippen molar-refractivity contribution in [3.05, 3.63) is 53.7 Å². The maximum absolute atomic E-state index is 11.5. The van der Waals surface area contributed by atoms with E-state index in [1.54, 1.807) is 13.2 Å². The summed E-state index contributed by atoms with van der Waals surface area (Å²) in [6.45, 7) is 6.83. The van der Waals surface area contributed by atoms with Crippen LogP contribution in [0.4, 0.5) is 5.82 Å². The van der Waals surface area contributed by atoms with Gasteiger partial charge in [0, 0.05) is 44.4 Å². The van der Waals surface area contributed by atoms with E-state index < -0.39 is 0 Å². The van der Waals surface area contributed by atoms with E-state index in [0.717, 1.165) is 48.6 Å². The summed E-state index contributed by atoms with van der Waals surface area (Å²) in [6, 6.07) is 12.0. The Hall–Kier alpha value is -2.56. The monoisotopic (exact) mass is 566 g/mol. The number of nitrogens with one attached hydrogen (secondary N) is 2. The number of halogens is 1. The van der Waals surface area contributed by atoms with E-state index in [9.17, 15) is 4.79 Å². The topological polar surface area (TPSA) is 105 Å². The van der Waals surface area contributed by atoms with Crippen molar-refractivity contribution in [3.63, 3.8) is 0 Å². The molecule has 0 aliphatic carbocycles. The van der Waals surface area contributed by atoms with Crippen LogP contribution in [0.15, 0.2) is 47.6 Å². The molecule has 1 aliphatic heterocycles. The van der Waals surface area contributed by atoms with Gasteiger partial charge in [-0.15, -0.1) is 24.0 Å². The van der Waals surface area contributed by atoms with E-state index in [1.165, 1.54) is 0 Å². The lowest BCUT2D eigenvalue weighted by Gasteiger charge is -2.32. The zero-order chi connectivity index (χ0) is 22.9. The van der Waals surface area contributed by atoms with Gasteiger partial charge in [-0.3, -0.25) is 9.79 Å². The highest BCUT2D eigenvalue weighted by atomic mass is 127. The third-order valence-electron chi connectivity index (χ3n) is 5.71. The van der Waals surface area contributed by atoms with Gasteiger partial charge >= 0.3 is 0 Å². The van der Waals surface area contributed by atoms with Gasteiger partial charge in [0.1, 0.15) is 17.7 Å². The molecule has 1 amide bonds. The predicted octanol–water partition coefficient (Wildman–Crippen LogP) is 2.84. The average Bonchev–Trinajstić information content (AvgIpc) is 2.81. The van der Waals surface area contributed by atoms with Crippen LogP contribution in [0.25, 0.3) is 0 Å². The van der Waals surface area contributed by atoms with E-state index in [0.29, 0.717) is 19.0 Å². The minimum atomic E-state index is -0.205. The molecule has 2 heterocycles. The van der Waals surface area contributed by atoms with Crippen molar-refractivity contribution >= 4 is 41.7 Å². The zero-order valence-corrected chi connectivity index (χ0v) is 21.9. The van der Waals surface area contributed by atoms with Gasteiger partial charge in [-0.1, -0.05) is 24.3 Å². The predicted molar refractivity (Wildman–Crippen MR) is 143 cm³/mol. The van der Waals surface area contributed by atoms with Gasteiger partial charge in [0.05, 0.1) is 6.54 Å². The van der Waals surface area contributed by atoms with Crippen molar-refractivity contribution < 1.29 is 9.53 Å². The Morgan fingerprint density at radius 2 is 1.97 bits per heavy atom. The number of aromatic nitrogens is 1. The van der Waals surface area contributed by atoms with Crippen molar-refractivity contribution in [2.45, 2.75) is 39.3 Å². The van der Waals surface area contributed by atoms with Gasteiger partial charge in [-0.25, -0.2) is 4.98 Å². The normalized spacial score (nSPS) is 15.4. The van der Waals surface area contributed by atoms with Crippen molar-refractivity contribution in [1.82, 2.24) is 15.6 Å². The summed E-state index contributed by atoms with van der Waals surface area (Å²) in [5, 5.41) is 6.69. The number of rotatable bonds is 8. The third-order valence-corrected chi connectivity index (χ3v) is 5.71. The molecule has 180 valence electrons.